The first-order chi connectivity index (χ1) is 12.1. The first kappa shape index (κ1) is 16.5. The summed E-state index contributed by atoms with van der Waals surface area (Å²) in [6.07, 6.45) is 1.69. The van der Waals surface area contributed by atoms with Crippen molar-refractivity contribution in [3.63, 3.8) is 0 Å². The Morgan fingerprint density at radius 2 is 1.80 bits per heavy atom. The summed E-state index contributed by atoms with van der Waals surface area (Å²) in [5.41, 5.74) is 3.58. The number of anilines is 3. The largest absolute Gasteiger partial charge is 0.497 e. The van der Waals surface area contributed by atoms with Gasteiger partial charge in [-0.15, -0.1) is 0 Å². The Labute approximate surface area is 146 Å². The lowest BCUT2D eigenvalue weighted by atomic mass is 10.2. The minimum Gasteiger partial charge on any atom is -0.497 e. The van der Waals surface area contributed by atoms with Gasteiger partial charge >= 0.3 is 0 Å². The molecule has 0 atom stereocenters. The van der Waals surface area contributed by atoms with Crippen molar-refractivity contribution in [1.82, 2.24) is 4.98 Å². The zero-order valence-corrected chi connectivity index (χ0v) is 14.1. The van der Waals surface area contributed by atoms with E-state index in [1.54, 1.807) is 43.6 Å². The quantitative estimate of drug-likeness (QED) is 0.727. The van der Waals surface area contributed by atoms with Gasteiger partial charge in [0.15, 0.2) is 0 Å². The van der Waals surface area contributed by atoms with Crippen LogP contribution in [-0.4, -0.2) is 18.0 Å². The van der Waals surface area contributed by atoms with E-state index in [1.807, 2.05) is 31.2 Å². The van der Waals surface area contributed by atoms with Gasteiger partial charge in [0.25, 0.3) is 5.91 Å². The molecule has 5 heteroatoms. The number of pyridine rings is 1. The summed E-state index contributed by atoms with van der Waals surface area (Å²) >= 11 is 0. The van der Waals surface area contributed by atoms with Gasteiger partial charge in [-0.25, -0.2) is 4.98 Å². The number of hydrogen-bond acceptors (Lipinski definition) is 4. The average molecular weight is 333 g/mol. The molecule has 126 valence electrons. The Balaban J connectivity index is 1.64. The lowest BCUT2D eigenvalue weighted by molar-refractivity contribution is 0.102. The second-order valence-electron chi connectivity index (χ2n) is 5.61. The molecule has 0 fully saturated rings. The van der Waals surface area contributed by atoms with Crippen molar-refractivity contribution in [2.24, 2.45) is 0 Å². The van der Waals surface area contributed by atoms with Gasteiger partial charge in [0.1, 0.15) is 11.6 Å². The van der Waals surface area contributed by atoms with Crippen LogP contribution in [0.25, 0.3) is 0 Å². The molecule has 0 unspecified atom stereocenters. The zero-order chi connectivity index (χ0) is 17.6. The van der Waals surface area contributed by atoms with Gasteiger partial charge in [-0.2, -0.15) is 0 Å². The smallest absolute Gasteiger partial charge is 0.256 e. The van der Waals surface area contributed by atoms with Crippen molar-refractivity contribution >= 4 is 23.1 Å². The maximum Gasteiger partial charge on any atom is 0.256 e. The molecule has 0 saturated carbocycles. The Morgan fingerprint density at radius 1 is 1.00 bits per heavy atom. The standard InChI is InChI=1S/C20H19N3O2/c1-14-4-3-5-16(12-14)22-17-8-11-19(21-13-17)23-20(24)15-6-9-18(25-2)10-7-15/h3-13,22H,1-2H3,(H,21,23,24). The van der Waals surface area contributed by atoms with Gasteiger partial charge < -0.3 is 15.4 Å². The number of hydrogen-bond donors (Lipinski definition) is 2. The molecule has 0 aliphatic rings. The maximum absolute atomic E-state index is 12.2. The SMILES string of the molecule is COc1ccc(C(=O)Nc2ccc(Nc3cccc(C)c3)cn2)cc1. The van der Waals surface area contributed by atoms with E-state index in [0.717, 1.165) is 11.4 Å². The van der Waals surface area contributed by atoms with E-state index < -0.39 is 0 Å². The van der Waals surface area contributed by atoms with Gasteiger partial charge in [0.2, 0.25) is 0 Å². The second kappa shape index (κ2) is 7.49. The molecule has 5 nitrogen and oxygen atoms in total. The van der Waals surface area contributed by atoms with Crippen LogP contribution < -0.4 is 15.4 Å². The van der Waals surface area contributed by atoms with Crippen LogP contribution in [0.5, 0.6) is 5.75 Å². The Morgan fingerprint density at radius 3 is 2.44 bits per heavy atom. The summed E-state index contributed by atoms with van der Waals surface area (Å²) in [4.78, 5) is 16.5. The van der Waals surface area contributed by atoms with Crippen LogP contribution in [0.3, 0.4) is 0 Å². The number of nitrogens with zero attached hydrogens (tertiary/aromatic N) is 1. The van der Waals surface area contributed by atoms with Crippen molar-refractivity contribution in [1.29, 1.82) is 0 Å². The first-order valence-corrected chi connectivity index (χ1v) is 7.89. The molecular formula is C20H19N3O2. The lowest BCUT2D eigenvalue weighted by Crippen LogP contribution is -2.12. The average Bonchev–Trinajstić information content (AvgIpc) is 2.63. The predicted molar refractivity (Wildman–Crippen MR) is 99.6 cm³/mol. The molecule has 0 spiro atoms. The number of carbonyl (C=O) groups excluding carboxylic acids is 1. The zero-order valence-electron chi connectivity index (χ0n) is 14.1. The third-order valence-electron chi connectivity index (χ3n) is 3.66. The van der Waals surface area contributed by atoms with Crippen LogP contribution in [0.2, 0.25) is 0 Å². The van der Waals surface area contributed by atoms with Crippen LogP contribution in [0.1, 0.15) is 15.9 Å². The third-order valence-corrected chi connectivity index (χ3v) is 3.66. The Hall–Kier alpha value is -3.34. The van der Waals surface area contributed by atoms with Crippen molar-refractivity contribution in [2.45, 2.75) is 6.92 Å². The molecule has 0 saturated heterocycles. The monoisotopic (exact) mass is 333 g/mol. The number of nitrogens with one attached hydrogen (secondary N) is 2. The fraction of sp³-hybridized carbons (Fsp3) is 0.100. The minimum atomic E-state index is -0.213. The number of aromatic nitrogens is 1. The molecule has 0 radical (unpaired) electrons. The highest BCUT2D eigenvalue weighted by Gasteiger charge is 2.07. The van der Waals surface area contributed by atoms with Gasteiger partial charge in [-0.3, -0.25) is 4.79 Å². The second-order valence-corrected chi connectivity index (χ2v) is 5.61. The third kappa shape index (κ3) is 4.35. The maximum atomic E-state index is 12.2. The van der Waals surface area contributed by atoms with Crippen molar-refractivity contribution in [3.05, 3.63) is 78.0 Å². The van der Waals surface area contributed by atoms with Gasteiger partial charge in [0.05, 0.1) is 19.0 Å². The number of aryl methyl sites for hydroxylation is 1. The molecule has 0 aliphatic heterocycles. The molecule has 3 rings (SSSR count). The summed E-state index contributed by atoms with van der Waals surface area (Å²) in [7, 11) is 1.59. The topological polar surface area (TPSA) is 63.2 Å². The number of methoxy groups -OCH3 is 1. The number of rotatable bonds is 5. The molecule has 2 N–H and O–H groups in total. The summed E-state index contributed by atoms with van der Waals surface area (Å²) in [5.74, 6) is 0.992. The molecule has 1 amide bonds. The molecule has 2 aromatic carbocycles. The molecular weight excluding hydrogens is 314 g/mol. The summed E-state index contributed by atoms with van der Waals surface area (Å²) in [5, 5.41) is 6.06. The van der Waals surface area contributed by atoms with E-state index in [4.69, 9.17) is 4.74 Å². The van der Waals surface area contributed by atoms with Gasteiger partial charge in [-0.1, -0.05) is 12.1 Å². The fourth-order valence-corrected chi connectivity index (χ4v) is 2.36. The van der Waals surface area contributed by atoms with E-state index in [1.165, 1.54) is 5.56 Å². The van der Waals surface area contributed by atoms with E-state index in [-0.39, 0.29) is 5.91 Å². The van der Waals surface area contributed by atoms with E-state index in [9.17, 15) is 4.79 Å². The number of ether oxygens (including phenoxy) is 1. The number of amides is 1. The summed E-state index contributed by atoms with van der Waals surface area (Å²) < 4.78 is 5.09. The highest BCUT2D eigenvalue weighted by atomic mass is 16.5. The fourth-order valence-electron chi connectivity index (χ4n) is 2.36. The molecule has 25 heavy (non-hydrogen) atoms. The van der Waals surface area contributed by atoms with Crippen LogP contribution in [-0.2, 0) is 0 Å². The summed E-state index contributed by atoms with van der Waals surface area (Å²) in [6.45, 7) is 2.04. The van der Waals surface area contributed by atoms with Crippen molar-refractivity contribution < 1.29 is 9.53 Å². The molecule has 0 aliphatic carbocycles. The molecule has 1 heterocycles. The van der Waals surface area contributed by atoms with Crippen LogP contribution in [0.15, 0.2) is 66.9 Å². The number of carbonyl (C=O) groups is 1. The van der Waals surface area contributed by atoms with E-state index in [2.05, 4.69) is 21.7 Å². The highest BCUT2D eigenvalue weighted by Crippen LogP contribution is 2.18. The predicted octanol–water partition coefficient (Wildman–Crippen LogP) is 4.39. The van der Waals surface area contributed by atoms with Crippen LogP contribution in [0, 0.1) is 6.92 Å². The van der Waals surface area contributed by atoms with Crippen molar-refractivity contribution in [2.75, 3.05) is 17.7 Å². The summed E-state index contributed by atoms with van der Waals surface area (Å²) in [6, 6.07) is 18.6. The minimum absolute atomic E-state index is 0.213. The molecule has 3 aromatic rings. The first-order valence-electron chi connectivity index (χ1n) is 7.89. The van der Waals surface area contributed by atoms with E-state index in [0.29, 0.717) is 17.1 Å². The normalized spacial score (nSPS) is 10.2. The van der Waals surface area contributed by atoms with Crippen molar-refractivity contribution in [3.8, 4) is 5.75 Å². The highest BCUT2D eigenvalue weighted by molar-refractivity contribution is 6.03. The van der Waals surface area contributed by atoms with Gasteiger partial charge in [-0.05, 0) is 61.0 Å². The Bertz CT molecular complexity index is 859. The molecule has 0 bridgehead atoms. The van der Waals surface area contributed by atoms with Crippen LogP contribution >= 0.6 is 0 Å². The van der Waals surface area contributed by atoms with Crippen LogP contribution in [0.4, 0.5) is 17.2 Å². The lowest BCUT2D eigenvalue weighted by Gasteiger charge is -2.09. The van der Waals surface area contributed by atoms with E-state index >= 15 is 0 Å². The Kier molecular flexibility index (Phi) is 4.95. The number of benzene rings is 2. The molecule has 1 aromatic heterocycles. The van der Waals surface area contributed by atoms with Gasteiger partial charge in [0, 0.05) is 11.3 Å².